The third-order valence-corrected chi connectivity index (χ3v) is 5.87. The molecule has 1 aliphatic rings. The quantitative estimate of drug-likeness (QED) is 0.398. The maximum absolute atomic E-state index is 12.6. The second kappa shape index (κ2) is 13.5. The summed E-state index contributed by atoms with van der Waals surface area (Å²) in [7, 11) is 3.53. The van der Waals surface area contributed by atoms with Crippen LogP contribution >= 0.6 is 0 Å². The van der Waals surface area contributed by atoms with Gasteiger partial charge in [0.05, 0.1) is 0 Å². The van der Waals surface area contributed by atoms with Crippen LogP contribution in [0.3, 0.4) is 0 Å². The average Bonchev–Trinajstić information content (AvgIpc) is 3.34. The Balaban J connectivity index is 0.00000456. The minimum absolute atomic E-state index is 0. The first-order valence-electron chi connectivity index (χ1n) is 11.4. The van der Waals surface area contributed by atoms with Crippen molar-refractivity contribution in [3.8, 4) is 0 Å². The van der Waals surface area contributed by atoms with Crippen molar-refractivity contribution in [2.24, 2.45) is 0 Å². The second-order valence-corrected chi connectivity index (χ2v) is 8.43. The van der Waals surface area contributed by atoms with Gasteiger partial charge < -0.3 is 27.4 Å². The Bertz CT molecular complexity index is 1120. The number of rotatable bonds is 7. The van der Waals surface area contributed by atoms with Crippen LogP contribution in [0.4, 0.5) is 11.4 Å². The van der Waals surface area contributed by atoms with E-state index in [4.69, 9.17) is 0 Å². The predicted octanol–water partition coefficient (Wildman–Crippen LogP) is 3.59. The molecule has 0 aromatic heterocycles. The summed E-state index contributed by atoms with van der Waals surface area (Å²) in [6, 6.07) is 13.3. The summed E-state index contributed by atoms with van der Waals surface area (Å²) < 4.78 is 0. The van der Waals surface area contributed by atoms with Crippen LogP contribution in [-0.4, -0.2) is 52.1 Å². The summed E-state index contributed by atoms with van der Waals surface area (Å²) in [5.41, 5.74) is 3.14. The van der Waals surface area contributed by atoms with Crippen molar-refractivity contribution in [2.45, 2.75) is 38.8 Å². The van der Waals surface area contributed by atoms with E-state index in [0.29, 0.717) is 24.3 Å². The fraction of sp³-hybridized carbons (Fsp3) is 0.259. The van der Waals surface area contributed by atoms with Gasteiger partial charge in [0.1, 0.15) is 6.04 Å². The molecule has 36 heavy (non-hydrogen) atoms. The van der Waals surface area contributed by atoms with Crippen LogP contribution in [0.5, 0.6) is 0 Å². The Labute approximate surface area is 237 Å². The van der Waals surface area contributed by atoms with E-state index in [9.17, 15) is 19.2 Å². The van der Waals surface area contributed by atoms with Gasteiger partial charge in [0.2, 0.25) is 17.7 Å². The molecule has 9 heteroatoms. The fourth-order valence-corrected chi connectivity index (χ4v) is 3.78. The molecule has 0 aliphatic carbocycles. The number of nitrogens with one attached hydrogen (secondary N) is 2. The van der Waals surface area contributed by atoms with Gasteiger partial charge in [0.25, 0.3) is 0 Å². The molecule has 2 aromatic rings. The van der Waals surface area contributed by atoms with Crippen LogP contribution in [0.15, 0.2) is 48.5 Å². The number of hydrogen-bond acceptors (Lipinski definition) is 4. The number of likely N-dealkylation sites (tertiary alicyclic amines) is 1. The van der Waals surface area contributed by atoms with Gasteiger partial charge in [0, 0.05) is 64.5 Å². The Hall–Kier alpha value is -2.84. The number of amides is 4. The molecule has 2 aromatic carbocycles. The molecular weight excluding hydrogens is 533 g/mol. The van der Waals surface area contributed by atoms with Gasteiger partial charge in [-0.3, -0.25) is 26.2 Å². The predicted molar refractivity (Wildman–Crippen MR) is 137 cm³/mol. The smallest absolute Gasteiger partial charge is 0.247 e. The minimum Gasteiger partial charge on any atom is -0.511 e. The van der Waals surface area contributed by atoms with Crippen molar-refractivity contribution in [1.82, 2.24) is 9.80 Å². The second-order valence-electron chi connectivity index (χ2n) is 8.43. The minimum atomic E-state index is -0.925. The van der Waals surface area contributed by atoms with E-state index in [1.54, 1.807) is 17.0 Å². The molecule has 8 nitrogen and oxygen atoms in total. The molecule has 1 heterocycles. The van der Waals surface area contributed by atoms with E-state index in [2.05, 4.69) is 24.6 Å². The molecule has 0 bridgehead atoms. The Morgan fingerprint density at radius 1 is 0.944 bits per heavy atom. The summed E-state index contributed by atoms with van der Waals surface area (Å²) in [5, 5.41) is 5.60. The summed E-state index contributed by atoms with van der Waals surface area (Å²) in [4.78, 5) is 50.4. The van der Waals surface area contributed by atoms with Crippen LogP contribution in [0.1, 0.15) is 37.8 Å². The molecule has 2 unspecified atom stereocenters. The molecule has 3 rings (SSSR count). The zero-order valence-corrected chi connectivity index (χ0v) is 23.4. The van der Waals surface area contributed by atoms with Gasteiger partial charge in [0.15, 0.2) is 5.91 Å². The Morgan fingerprint density at radius 3 is 1.92 bits per heavy atom. The van der Waals surface area contributed by atoms with E-state index in [1.807, 2.05) is 48.6 Å². The molecule has 187 valence electrons. The van der Waals surface area contributed by atoms with Crippen LogP contribution in [0.2, 0.25) is 0 Å². The normalized spacial score (nSPS) is 15.7. The van der Waals surface area contributed by atoms with Crippen LogP contribution in [0.25, 0.3) is 12.2 Å². The number of carbonyl (C=O) groups is 4. The van der Waals surface area contributed by atoms with Crippen molar-refractivity contribution in [3.05, 3.63) is 73.6 Å². The molecular formula is C27H30N4O4Y-2. The summed E-state index contributed by atoms with van der Waals surface area (Å²) in [6.07, 6.45) is 5.38. The first-order chi connectivity index (χ1) is 16.7. The van der Waals surface area contributed by atoms with E-state index in [1.165, 1.54) is 13.8 Å². The Kier molecular flexibility index (Phi) is 11.0. The zero-order chi connectivity index (χ0) is 25.5. The monoisotopic (exact) mass is 563 g/mol. The van der Waals surface area contributed by atoms with Gasteiger partial charge in [-0.2, -0.15) is 0 Å². The number of hydrogen-bond donors (Lipinski definition) is 2. The largest absolute Gasteiger partial charge is 0.511 e. The maximum Gasteiger partial charge on any atom is 0.247 e. The standard InChI is InChI=1S/C27H30N4O4.Y/c1-18(30(4)19(2)32)26(34)28-23-13-9-21(10-14-23)7-8-22-11-15-24(16-12-22)29-27(35)25-6-5-17-31(25)20(3)33;/h7-16,18,25H,1,4-6,17H2,2-3H3,(H,28,34)(H,29,35);/q-2;/b8-7+;. The van der Waals surface area contributed by atoms with Crippen molar-refractivity contribution >= 4 is 47.2 Å². The van der Waals surface area contributed by atoms with E-state index < -0.39 is 18.0 Å². The molecule has 1 aliphatic heterocycles. The zero-order valence-electron chi connectivity index (χ0n) is 20.6. The van der Waals surface area contributed by atoms with Crippen LogP contribution in [-0.2, 0) is 51.9 Å². The third-order valence-electron chi connectivity index (χ3n) is 5.87. The molecule has 0 spiro atoms. The van der Waals surface area contributed by atoms with Gasteiger partial charge in [-0.15, -0.1) is 0 Å². The molecule has 1 fully saturated rings. The van der Waals surface area contributed by atoms with Crippen molar-refractivity contribution in [3.63, 3.8) is 0 Å². The topological polar surface area (TPSA) is 98.8 Å². The molecule has 1 saturated heterocycles. The number of carbonyl (C=O) groups excluding carboxylic acids is 4. The third kappa shape index (κ3) is 7.83. The van der Waals surface area contributed by atoms with Gasteiger partial charge in [-0.1, -0.05) is 36.4 Å². The Morgan fingerprint density at radius 2 is 1.44 bits per heavy atom. The molecule has 2 atom stereocenters. The number of anilines is 2. The van der Waals surface area contributed by atoms with Crippen molar-refractivity contribution in [1.29, 1.82) is 0 Å². The van der Waals surface area contributed by atoms with Gasteiger partial charge >= 0.3 is 0 Å². The molecule has 2 N–H and O–H groups in total. The number of benzene rings is 2. The van der Waals surface area contributed by atoms with Gasteiger partial charge in [-0.05, 0) is 54.3 Å². The van der Waals surface area contributed by atoms with Gasteiger partial charge in [-0.25, -0.2) is 0 Å². The summed E-state index contributed by atoms with van der Waals surface area (Å²) in [6.45, 7) is 7.10. The summed E-state index contributed by atoms with van der Waals surface area (Å²) >= 11 is 0. The molecule has 4 amide bonds. The summed E-state index contributed by atoms with van der Waals surface area (Å²) in [5.74, 6) is -1.01. The fourth-order valence-electron chi connectivity index (χ4n) is 3.78. The van der Waals surface area contributed by atoms with E-state index in [-0.39, 0.29) is 50.4 Å². The number of nitrogens with zero attached hydrogens (tertiary/aromatic N) is 2. The van der Waals surface area contributed by atoms with E-state index in [0.717, 1.165) is 22.4 Å². The van der Waals surface area contributed by atoms with E-state index >= 15 is 0 Å². The average molecular weight is 563 g/mol. The first kappa shape index (κ1) is 29.4. The maximum atomic E-state index is 12.6. The van der Waals surface area contributed by atoms with Crippen molar-refractivity contribution in [2.75, 3.05) is 17.2 Å². The van der Waals surface area contributed by atoms with Crippen LogP contribution in [0, 0.1) is 14.0 Å². The first-order valence-corrected chi connectivity index (χ1v) is 11.4. The molecule has 0 saturated carbocycles. The van der Waals surface area contributed by atoms with Crippen molar-refractivity contribution < 1.29 is 51.9 Å². The SMILES string of the molecule is [CH2-]C(C(=O)Nc1ccc(/C=C/c2ccc(NC(=O)C3CCCN3C(C)=O)cc2)cc1)N([CH2-])C(C)=O.[Y]. The molecule has 1 radical (unpaired) electrons. The van der Waals surface area contributed by atoms with Crippen LogP contribution < -0.4 is 10.6 Å².